The molecule has 0 aliphatic carbocycles. The molecule has 1 unspecified atom stereocenters. The summed E-state index contributed by atoms with van der Waals surface area (Å²) in [6.45, 7) is 4.19. The van der Waals surface area contributed by atoms with Gasteiger partial charge in [0.15, 0.2) is 5.60 Å². The topological polar surface area (TPSA) is 113 Å². The van der Waals surface area contributed by atoms with E-state index in [1.54, 1.807) is 13.8 Å². The van der Waals surface area contributed by atoms with E-state index in [-0.39, 0.29) is 19.0 Å². The van der Waals surface area contributed by atoms with Gasteiger partial charge in [-0.2, -0.15) is 0 Å². The normalized spacial score (nSPS) is 15.5. The van der Waals surface area contributed by atoms with Crippen molar-refractivity contribution >= 4 is 11.9 Å². The number of carbonyl (C=O) groups excluding carboxylic acids is 1. The molecule has 6 heteroatoms. The van der Waals surface area contributed by atoms with E-state index in [4.69, 9.17) is 10.8 Å². The maximum absolute atomic E-state index is 11.5. The van der Waals surface area contributed by atoms with Gasteiger partial charge in [0.25, 0.3) is 0 Å². The number of rotatable bonds is 5. The maximum Gasteiger partial charge on any atom is 0.337 e. The van der Waals surface area contributed by atoms with Crippen molar-refractivity contribution in [3.63, 3.8) is 0 Å². The second-order valence-corrected chi connectivity index (χ2v) is 4.35. The van der Waals surface area contributed by atoms with Crippen LogP contribution in [0.5, 0.6) is 0 Å². The number of nitrogens with two attached hydrogens (primary N) is 1. The molecule has 6 nitrogen and oxygen atoms in total. The van der Waals surface area contributed by atoms with Crippen LogP contribution in [0.4, 0.5) is 0 Å². The first-order valence-electron chi connectivity index (χ1n) is 4.57. The van der Waals surface area contributed by atoms with Crippen LogP contribution in [0.15, 0.2) is 0 Å². The Morgan fingerprint density at radius 2 is 1.80 bits per heavy atom. The van der Waals surface area contributed by atoms with Crippen LogP contribution in [-0.2, 0) is 9.59 Å². The van der Waals surface area contributed by atoms with E-state index in [2.05, 4.69) is 5.32 Å². The van der Waals surface area contributed by atoms with Crippen LogP contribution in [0.3, 0.4) is 0 Å². The monoisotopic (exact) mass is 218 g/mol. The smallest absolute Gasteiger partial charge is 0.337 e. The molecule has 0 saturated heterocycles. The minimum Gasteiger partial charge on any atom is -0.479 e. The molecular weight excluding hydrogens is 200 g/mol. The number of aliphatic hydroxyl groups is 1. The molecule has 0 radical (unpaired) electrons. The average molecular weight is 218 g/mol. The molecule has 1 amide bonds. The summed E-state index contributed by atoms with van der Waals surface area (Å²) in [4.78, 5) is 22.0. The number of amides is 1. The van der Waals surface area contributed by atoms with E-state index in [9.17, 15) is 14.7 Å². The highest BCUT2D eigenvalue weighted by Crippen LogP contribution is 2.12. The summed E-state index contributed by atoms with van der Waals surface area (Å²) in [6.07, 6.45) is 0. The summed E-state index contributed by atoms with van der Waals surface area (Å²) in [5.74, 6) is -1.76. The molecule has 1 atom stereocenters. The fourth-order valence-electron chi connectivity index (χ4n) is 0.660. The predicted octanol–water partition coefficient (Wildman–Crippen LogP) is -1.08. The Morgan fingerprint density at radius 3 is 2.13 bits per heavy atom. The molecule has 0 saturated carbocycles. The lowest BCUT2D eigenvalue weighted by molar-refractivity contribution is -0.156. The van der Waals surface area contributed by atoms with E-state index in [1.807, 2.05) is 0 Å². The van der Waals surface area contributed by atoms with Crippen molar-refractivity contribution in [2.24, 2.45) is 11.1 Å². The van der Waals surface area contributed by atoms with E-state index in [1.165, 1.54) is 0 Å². The van der Waals surface area contributed by atoms with Crippen LogP contribution in [0.25, 0.3) is 0 Å². The first kappa shape index (κ1) is 13.9. The molecule has 0 aromatic rings. The van der Waals surface area contributed by atoms with Crippen LogP contribution in [0, 0.1) is 5.41 Å². The van der Waals surface area contributed by atoms with Crippen LogP contribution in [0.1, 0.15) is 20.8 Å². The van der Waals surface area contributed by atoms with Gasteiger partial charge in [-0.15, -0.1) is 0 Å². The number of carboxylic acid groups (broad SMARTS) is 1. The lowest BCUT2D eigenvalue weighted by Gasteiger charge is -2.24. The lowest BCUT2D eigenvalue weighted by Crippen LogP contribution is -2.50. The Kier molecular flexibility index (Phi) is 4.24. The number of hydrogen-bond acceptors (Lipinski definition) is 4. The molecule has 0 fully saturated rings. The van der Waals surface area contributed by atoms with Gasteiger partial charge < -0.3 is 21.3 Å². The SMILES string of the molecule is CC(C)(CN)C(=O)NCC(C)(O)C(=O)O. The zero-order valence-electron chi connectivity index (χ0n) is 9.20. The molecule has 0 heterocycles. The minimum atomic E-state index is -1.96. The minimum absolute atomic E-state index is 0.147. The van der Waals surface area contributed by atoms with Gasteiger partial charge in [-0.05, 0) is 20.8 Å². The summed E-state index contributed by atoms with van der Waals surface area (Å²) in [5.41, 5.74) is 2.64. The van der Waals surface area contributed by atoms with Crippen LogP contribution >= 0.6 is 0 Å². The molecule has 88 valence electrons. The number of carboxylic acids is 1. The van der Waals surface area contributed by atoms with Crippen molar-refractivity contribution in [3.8, 4) is 0 Å². The molecule has 0 aromatic carbocycles. The van der Waals surface area contributed by atoms with Gasteiger partial charge in [0.1, 0.15) is 0 Å². The molecular formula is C9H18N2O4. The second-order valence-electron chi connectivity index (χ2n) is 4.35. The fourth-order valence-corrected chi connectivity index (χ4v) is 0.660. The standard InChI is InChI=1S/C9H18N2O4/c1-8(2,4-10)6(12)11-5-9(3,15)7(13)14/h15H,4-5,10H2,1-3H3,(H,11,12)(H,13,14). The molecule has 15 heavy (non-hydrogen) atoms. The van der Waals surface area contributed by atoms with Gasteiger partial charge in [-0.25, -0.2) is 4.79 Å². The summed E-state index contributed by atoms with van der Waals surface area (Å²) < 4.78 is 0. The lowest BCUT2D eigenvalue weighted by atomic mass is 9.92. The summed E-state index contributed by atoms with van der Waals surface area (Å²) in [5, 5.41) is 20.3. The maximum atomic E-state index is 11.5. The van der Waals surface area contributed by atoms with Gasteiger partial charge in [0.2, 0.25) is 5.91 Å². The van der Waals surface area contributed by atoms with Crippen molar-refractivity contribution in [1.29, 1.82) is 0 Å². The van der Waals surface area contributed by atoms with Crippen LogP contribution in [-0.4, -0.2) is 40.8 Å². The highest BCUT2D eigenvalue weighted by atomic mass is 16.4. The highest BCUT2D eigenvalue weighted by molar-refractivity contribution is 5.83. The Labute approximate surface area is 88.5 Å². The van der Waals surface area contributed by atoms with Gasteiger partial charge in [0.05, 0.1) is 12.0 Å². The quantitative estimate of drug-likeness (QED) is 0.469. The summed E-state index contributed by atoms with van der Waals surface area (Å²) >= 11 is 0. The Hall–Kier alpha value is -1.14. The third kappa shape index (κ3) is 3.85. The molecule has 0 rings (SSSR count). The van der Waals surface area contributed by atoms with E-state index in [0.29, 0.717) is 0 Å². The van der Waals surface area contributed by atoms with Crippen molar-refractivity contribution in [2.75, 3.05) is 13.1 Å². The summed E-state index contributed by atoms with van der Waals surface area (Å²) in [7, 11) is 0. The largest absolute Gasteiger partial charge is 0.479 e. The molecule has 0 bridgehead atoms. The molecule has 5 N–H and O–H groups in total. The number of carbonyl (C=O) groups is 2. The average Bonchev–Trinajstić information content (AvgIpc) is 2.13. The third-order valence-corrected chi connectivity index (χ3v) is 2.18. The molecule has 0 aliphatic heterocycles. The summed E-state index contributed by atoms with van der Waals surface area (Å²) in [6, 6.07) is 0. The van der Waals surface area contributed by atoms with Crippen molar-refractivity contribution in [1.82, 2.24) is 5.32 Å². The zero-order valence-corrected chi connectivity index (χ0v) is 9.20. The van der Waals surface area contributed by atoms with Gasteiger partial charge >= 0.3 is 5.97 Å². The van der Waals surface area contributed by atoms with Gasteiger partial charge in [0, 0.05) is 6.54 Å². The number of hydrogen-bond donors (Lipinski definition) is 4. The zero-order chi connectivity index (χ0) is 12.3. The Bertz CT molecular complexity index is 261. The predicted molar refractivity (Wildman–Crippen MR) is 54.1 cm³/mol. The fraction of sp³-hybridized carbons (Fsp3) is 0.778. The number of aliphatic carboxylic acids is 1. The second kappa shape index (κ2) is 4.59. The van der Waals surface area contributed by atoms with E-state index < -0.39 is 17.0 Å². The Morgan fingerprint density at radius 1 is 1.33 bits per heavy atom. The third-order valence-electron chi connectivity index (χ3n) is 2.18. The first-order chi connectivity index (χ1) is 6.63. The molecule has 0 spiro atoms. The van der Waals surface area contributed by atoms with E-state index in [0.717, 1.165) is 6.92 Å². The van der Waals surface area contributed by atoms with Crippen molar-refractivity contribution in [3.05, 3.63) is 0 Å². The Balaban J connectivity index is 4.30. The first-order valence-corrected chi connectivity index (χ1v) is 4.57. The molecule has 0 aromatic heterocycles. The van der Waals surface area contributed by atoms with Crippen LogP contribution < -0.4 is 11.1 Å². The van der Waals surface area contributed by atoms with E-state index >= 15 is 0 Å². The molecule has 0 aliphatic rings. The number of nitrogens with one attached hydrogen (secondary N) is 1. The van der Waals surface area contributed by atoms with Crippen molar-refractivity contribution < 1.29 is 19.8 Å². The van der Waals surface area contributed by atoms with Crippen LogP contribution in [0.2, 0.25) is 0 Å². The highest BCUT2D eigenvalue weighted by Gasteiger charge is 2.33. The van der Waals surface area contributed by atoms with Crippen molar-refractivity contribution in [2.45, 2.75) is 26.4 Å². The van der Waals surface area contributed by atoms with Gasteiger partial charge in [-0.3, -0.25) is 4.79 Å². The van der Waals surface area contributed by atoms with Gasteiger partial charge in [-0.1, -0.05) is 0 Å².